The van der Waals surface area contributed by atoms with Crippen LogP contribution >= 0.6 is 11.3 Å². The molecule has 0 fully saturated rings. The van der Waals surface area contributed by atoms with E-state index in [2.05, 4.69) is 9.71 Å². The molecule has 0 spiro atoms. The van der Waals surface area contributed by atoms with Crippen LogP contribution in [0.15, 0.2) is 89.1 Å². The normalized spacial score (nSPS) is 11.3. The van der Waals surface area contributed by atoms with Gasteiger partial charge in [-0.25, -0.2) is 13.4 Å². The molecule has 3 N–H and O–H groups in total. The molecule has 0 bridgehead atoms. The maximum Gasteiger partial charge on any atom is 0.261 e. The highest BCUT2D eigenvalue weighted by atomic mass is 32.2. The first-order chi connectivity index (χ1) is 13.5. The van der Waals surface area contributed by atoms with Gasteiger partial charge in [-0.3, -0.25) is 4.72 Å². The molecule has 28 heavy (non-hydrogen) atoms. The molecule has 1 heterocycles. The van der Waals surface area contributed by atoms with Gasteiger partial charge in [-0.05, 0) is 36.4 Å². The Bertz CT molecular complexity index is 1180. The average molecular weight is 408 g/mol. The third kappa shape index (κ3) is 3.90. The number of nitrogens with zero attached hydrogens (tertiary/aromatic N) is 1. The molecular weight excluding hydrogens is 390 g/mol. The molecular formula is C21H17N3O2S2. The number of nitrogens with one attached hydrogen (secondary N) is 1. The molecule has 140 valence electrons. The van der Waals surface area contributed by atoms with Crippen molar-refractivity contribution in [2.24, 2.45) is 0 Å². The van der Waals surface area contributed by atoms with Gasteiger partial charge in [0.25, 0.3) is 10.0 Å². The van der Waals surface area contributed by atoms with Gasteiger partial charge in [-0.1, -0.05) is 42.5 Å². The number of aromatic nitrogens is 1. The molecule has 4 aromatic rings. The van der Waals surface area contributed by atoms with E-state index in [9.17, 15) is 8.42 Å². The van der Waals surface area contributed by atoms with Crippen molar-refractivity contribution in [2.45, 2.75) is 4.90 Å². The number of rotatable bonds is 5. The summed E-state index contributed by atoms with van der Waals surface area (Å²) in [5.41, 5.74) is 9.47. The Morgan fingerprint density at radius 1 is 0.821 bits per heavy atom. The van der Waals surface area contributed by atoms with Gasteiger partial charge in [0.15, 0.2) is 0 Å². The molecule has 0 aliphatic rings. The quantitative estimate of drug-likeness (QED) is 0.463. The summed E-state index contributed by atoms with van der Waals surface area (Å²) in [5, 5.41) is 2.94. The minimum atomic E-state index is -3.66. The van der Waals surface area contributed by atoms with Gasteiger partial charge < -0.3 is 5.73 Å². The van der Waals surface area contributed by atoms with E-state index in [1.165, 1.54) is 12.1 Å². The molecule has 0 aliphatic heterocycles. The highest BCUT2D eigenvalue weighted by Crippen LogP contribution is 2.29. The molecule has 0 radical (unpaired) electrons. The molecule has 0 atom stereocenters. The predicted octanol–water partition coefficient (Wildman–Crippen LogP) is 4.86. The van der Waals surface area contributed by atoms with Crippen molar-refractivity contribution in [3.63, 3.8) is 0 Å². The summed E-state index contributed by atoms with van der Waals surface area (Å²) in [6, 6.07) is 23.2. The van der Waals surface area contributed by atoms with E-state index in [-0.39, 0.29) is 4.90 Å². The van der Waals surface area contributed by atoms with Crippen molar-refractivity contribution in [1.82, 2.24) is 4.98 Å². The van der Waals surface area contributed by atoms with Crippen LogP contribution in [0.3, 0.4) is 0 Å². The minimum absolute atomic E-state index is 0.165. The van der Waals surface area contributed by atoms with Gasteiger partial charge in [-0.15, -0.1) is 11.3 Å². The van der Waals surface area contributed by atoms with Gasteiger partial charge >= 0.3 is 0 Å². The fourth-order valence-electron chi connectivity index (χ4n) is 2.69. The van der Waals surface area contributed by atoms with E-state index in [4.69, 9.17) is 5.73 Å². The van der Waals surface area contributed by atoms with E-state index >= 15 is 0 Å². The van der Waals surface area contributed by atoms with Crippen LogP contribution in [0, 0.1) is 0 Å². The number of anilines is 2. The summed E-state index contributed by atoms with van der Waals surface area (Å²) in [6.45, 7) is 0. The van der Waals surface area contributed by atoms with Crippen LogP contribution in [-0.2, 0) is 10.0 Å². The molecule has 0 saturated carbocycles. The van der Waals surface area contributed by atoms with Crippen molar-refractivity contribution >= 4 is 32.7 Å². The monoisotopic (exact) mass is 407 g/mol. The van der Waals surface area contributed by atoms with E-state index < -0.39 is 10.0 Å². The Morgan fingerprint density at radius 2 is 1.50 bits per heavy atom. The highest BCUT2D eigenvalue weighted by molar-refractivity contribution is 7.92. The largest absolute Gasteiger partial charge is 0.399 e. The van der Waals surface area contributed by atoms with Crippen molar-refractivity contribution in [1.29, 1.82) is 0 Å². The first-order valence-electron chi connectivity index (χ1n) is 8.51. The van der Waals surface area contributed by atoms with Crippen LogP contribution in [0.25, 0.3) is 21.8 Å². The number of thiazole rings is 1. The lowest BCUT2D eigenvalue weighted by atomic mass is 10.1. The maximum atomic E-state index is 12.5. The SMILES string of the molecule is Nc1ccc(S(=O)(=O)Nc2ccc(-c3csc(-c4ccccc4)n3)cc2)cc1. The lowest BCUT2D eigenvalue weighted by molar-refractivity contribution is 0.601. The molecule has 3 aromatic carbocycles. The zero-order valence-corrected chi connectivity index (χ0v) is 16.4. The topological polar surface area (TPSA) is 85.1 Å². The van der Waals surface area contributed by atoms with Crippen LogP contribution in [0.1, 0.15) is 0 Å². The minimum Gasteiger partial charge on any atom is -0.399 e. The van der Waals surface area contributed by atoms with Gasteiger partial charge in [0.05, 0.1) is 10.6 Å². The van der Waals surface area contributed by atoms with Gasteiger partial charge in [0, 0.05) is 27.9 Å². The number of hydrogen-bond donors (Lipinski definition) is 2. The van der Waals surface area contributed by atoms with Gasteiger partial charge in [-0.2, -0.15) is 0 Å². The third-order valence-corrected chi connectivity index (χ3v) is 6.44. The molecule has 1 aromatic heterocycles. The first kappa shape index (κ1) is 18.2. The lowest BCUT2D eigenvalue weighted by Crippen LogP contribution is -2.12. The lowest BCUT2D eigenvalue weighted by Gasteiger charge is -2.09. The van der Waals surface area contributed by atoms with Crippen molar-refractivity contribution in [3.8, 4) is 21.8 Å². The van der Waals surface area contributed by atoms with E-state index in [1.807, 2.05) is 47.8 Å². The van der Waals surface area contributed by atoms with E-state index in [1.54, 1.807) is 35.6 Å². The van der Waals surface area contributed by atoms with Crippen LogP contribution in [0.2, 0.25) is 0 Å². The zero-order valence-electron chi connectivity index (χ0n) is 14.7. The molecule has 0 aliphatic carbocycles. The van der Waals surface area contributed by atoms with Crippen LogP contribution in [0.4, 0.5) is 11.4 Å². The molecule has 7 heteroatoms. The summed E-state index contributed by atoms with van der Waals surface area (Å²) in [6.07, 6.45) is 0. The molecule has 0 amide bonds. The summed E-state index contributed by atoms with van der Waals surface area (Å²) in [4.78, 5) is 4.84. The summed E-state index contributed by atoms with van der Waals surface area (Å²) in [5.74, 6) is 0. The molecule has 0 saturated heterocycles. The Hall–Kier alpha value is -3.16. The number of nitrogens with two attached hydrogens (primary N) is 1. The maximum absolute atomic E-state index is 12.5. The molecule has 4 rings (SSSR count). The van der Waals surface area contributed by atoms with Crippen molar-refractivity contribution in [3.05, 3.63) is 84.2 Å². The first-order valence-corrected chi connectivity index (χ1v) is 10.9. The second-order valence-corrected chi connectivity index (χ2v) is 8.70. The highest BCUT2D eigenvalue weighted by Gasteiger charge is 2.14. The van der Waals surface area contributed by atoms with E-state index in [0.29, 0.717) is 11.4 Å². The second kappa shape index (κ2) is 7.46. The zero-order chi connectivity index (χ0) is 19.6. The van der Waals surface area contributed by atoms with Crippen LogP contribution in [-0.4, -0.2) is 13.4 Å². The fraction of sp³-hybridized carbons (Fsp3) is 0. The average Bonchev–Trinajstić information content (AvgIpc) is 3.19. The number of nitrogen functional groups attached to an aromatic ring is 1. The summed E-state index contributed by atoms with van der Waals surface area (Å²) < 4.78 is 27.5. The predicted molar refractivity (Wildman–Crippen MR) is 115 cm³/mol. The Balaban J connectivity index is 1.53. The van der Waals surface area contributed by atoms with Crippen molar-refractivity contribution < 1.29 is 8.42 Å². The van der Waals surface area contributed by atoms with Crippen LogP contribution in [0.5, 0.6) is 0 Å². The van der Waals surface area contributed by atoms with Crippen LogP contribution < -0.4 is 10.5 Å². The Kier molecular flexibility index (Phi) is 4.85. The number of hydrogen-bond acceptors (Lipinski definition) is 5. The third-order valence-electron chi connectivity index (χ3n) is 4.15. The van der Waals surface area contributed by atoms with E-state index in [0.717, 1.165) is 21.8 Å². The molecule has 5 nitrogen and oxygen atoms in total. The van der Waals surface area contributed by atoms with Gasteiger partial charge in [0.2, 0.25) is 0 Å². The Morgan fingerprint density at radius 3 is 2.18 bits per heavy atom. The summed E-state index contributed by atoms with van der Waals surface area (Å²) >= 11 is 1.58. The second-order valence-electron chi connectivity index (χ2n) is 6.16. The Labute approximate surface area is 167 Å². The van der Waals surface area contributed by atoms with Gasteiger partial charge in [0.1, 0.15) is 5.01 Å². The van der Waals surface area contributed by atoms with Crippen molar-refractivity contribution in [2.75, 3.05) is 10.5 Å². The standard InChI is InChI=1S/C21H17N3O2S2/c22-17-8-12-19(13-9-17)28(25,26)24-18-10-6-15(7-11-18)20-14-27-21(23-20)16-4-2-1-3-5-16/h1-14,24H,22H2. The molecule has 0 unspecified atom stereocenters. The summed E-state index contributed by atoms with van der Waals surface area (Å²) in [7, 11) is -3.66. The fourth-order valence-corrected chi connectivity index (χ4v) is 4.58. The number of benzene rings is 3. The smallest absolute Gasteiger partial charge is 0.261 e. The number of sulfonamides is 1.